The van der Waals surface area contributed by atoms with Gasteiger partial charge in [0.1, 0.15) is 5.75 Å². The van der Waals surface area contributed by atoms with Gasteiger partial charge in [-0.1, -0.05) is 0 Å². The molecule has 0 spiro atoms. The highest BCUT2D eigenvalue weighted by molar-refractivity contribution is 6.02. The third-order valence-corrected chi connectivity index (χ3v) is 5.08. The lowest BCUT2D eigenvalue weighted by atomic mass is 10.1. The van der Waals surface area contributed by atoms with Crippen LogP contribution in [0.3, 0.4) is 0 Å². The second kappa shape index (κ2) is 6.92. The van der Waals surface area contributed by atoms with E-state index in [1.165, 1.54) is 24.4 Å². The van der Waals surface area contributed by atoms with Gasteiger partial charge in [-0.25, -0.2) is 4.79 Å². The largest absolute Gasteiger partial charge is 0.490 e. The second-order valence-electron chi connectivity index (χ2n) is 7.49. The predicted octanol–water partition coefficient (Wildman–Crippen LogP) is 2.35. The van der Waals surface area contributed by atoms with E-state index in [9.17, 15) is 22.8 Å². The van der Waals surface area contributed by atoms with Gasteiger partial charge in [0.15, 0.2) is 12.1 Å². The molecule has 2 aromatic rings. The summed E-state index contributed by atoms with van der Waals surface area (Å²) in [5.41, 5.74) is 6.05. The Labute approximate surface area is 169 Å². The summed E-state index contributed by atoms with van der Waals surface area (Å²) >= 11 is 0. The summed E-state index contributed by atoms with van der Waals surface area (Å²) in [7, 11) is 0. The molecule has 11 heteroatoms. The quantitative estimate of drug-likeness (QED) is 0.781. The van der Waals surface area contributed by atoms with Gasteiger partial charge in [0.05, 0.1) is 23.2 Å². The Balaban J connectivity index is 1.86. The molecule has 4 rings (SSSR count). The van der Waals surface area contributed by atoms with Crippen LogP contribution in [0.25, 0.3) is 10.9 Å². The van der Waals surface area contributed by atoms with Crippen molar-refractivity contribution in [3.63, 3.8) is 0 Å². The van der Waals surface area contributed by atoms with Crippen LogP contribution in [0, 0.1) is 0 Å². The van der Waals surface area contributed by atoms with Crippen LogP contribution >= 0.6 is 0 Å². The number of pyridine rings is 1. The van der Waals surface area contributed by atoms with Crippen molar-refractivity contribution in [2.45, 2.75) is 44.3 Å². The number of nitrogens with one attached hydrogen (secondary N) is 1. The van der Waals surface area contributed by atoms with Crippen LogP contribution in [0.15, 0.2) is 24.4 Å². The number of carbonyl (C=O) groups is 2. The Hall–Kier alpha value is -3.24. The SMILES string of the molecule is CC(C)Oc1cc2c(N3C[C@H]4NC(=O)O[C@H]4[C@H]3C(F)(F)F)ccnc2cc1C(N)=O. The average Bonchev–Trinajstić information content (AvgIpc) is 3.14. The molecular formula is C19H19F3N4O4. The van der Waals surface area contributed by atoms with E-state index < -0.39 is 36.4 Å². The fourth-order valence-corrected chi connectivity index (χ4v) is 3.97. The number of nitrogens with zero attached hydrogens (tertiary/aromatic N) is 2. The number of halogens is 3. The monoisotopic (exact) mass is 424 g/mol. The van der Waals surface area contributed by atoms with Gasteiger partial charge in [0.25, 0.3) is 5.91 Å². The minimum atomic E-state index is -4.65. The first kappa shape index (κ1) is 20.0. The van der Waals surface area contributed by atoms with Crippen molar-refractivity contribution >= 4 is 28.6 Å². The van der Waals surface area contributed by atoms with Gasteiger partial charge in [-0.15, -0.1) is 0 Å². The molecule has 2 fully saturated rings. The van der Waals surface area contributed by atoms with Crippen molar-refractivity contribution < 1.29 is 32.2 Å². The van der Waals surface area contributed by atoms with Crippen LogP contribution in [0.4, 0.5) is 23.7 Å². The molecular weight excluding hydrogens is 405 g/mol. The second-order valence-corrected chi connectivity index (χ2v) is 7.49. The summed E-state index contributed by atoms with van der Waals surface area (Å²) in [6, 6.07) is 1.49. The number of anilines is 1. The number of benzene rings is 1. The molecule has 2 aliphatic heterocycles. The summed E-state index contributed by atoms with van der Waals surface area (Å²) in [4.78, 5) is 28.6. The van der Waals surface area contributed by atoms with Crippen LogP contribution in [-0.2, 0) is 4.74 Å². The molecule has 2 amide bonds. The maximum absolute atomic E-state index is 13.9. The number of primary amides is 1. The van der Waals surface area contributed by atoms with Crippen LogP contribution in [-0.4, -0.2) is 54.0 Å². The Kier molecular flexibility index (Phi) is 4.63. The smallest absolute Gasteiger partial charge is 0.412 e. The fraction of sp³-hybridized carbons (Fsp3) is 0.421. The molecule has 3 atom stereocenters. The number of fused-ring (bicyclic) bond motifs is 2. The molecule has 0 unspecified atom stereocenters. The summed E-state index contributed by atoms with van der Waals surface area (Å²) in [6.07, 6.45) is -5.81. The first-order valence-electron chi connectivity index (χ1n) is 9.26. The molecule has 8 nitrogen and oxygen atoms in total. The molecule has 1 aromatic heterocycles. The molecule has 160 valence electrons. The van der Waals surface area contributed by atoms with Crippen molar-refractivity contribution in [2.24, 2.45) is 5.73 Å². The fourth-order valence-electron chi connectivity index (χ4n) is 3.97. The van der Waals surface area contributed by atoms with Gasteiger partial charge >= 0.3 is 12.3 Å². The lowest BCUT2D eigenvalue weighted by molar-refractivity contribution is -0.161. The Bertz CT molecular complexity index is 1030. The third-order valence-electron chi connectivity index (χ3n) is 5.08. The number of nitrogens with two attached hydrogens (primary N) is 1. The zero-order chi connectivity index (χ0) is 21.8. The van der Waals surface area contributed by atoms with E-state index in [2.05, 4.69) is 10.3 Å². The van der Waals surface area contributed by atoms with E-state index in [4.69, 9.17) is 15.2 Å². The lowest BCUT2D eigenvalue weighted by Crippen LogP contribution is -2.48. The van der Waals surface area contributed by atoms with Crippen LogP contribution in [0.5, 0.6) is 5.75 Å². The summed E-state index contributed by atoms with van der Waals surface area (Å²) in [5, 5.41) is 2.78. The Morgan fingerprint density at radius 2 is 2.13 bits per heavy atom. The van der Waals surface area contributed by atoms with Crippen molar-refractivity contribution in [2.75, 3.05) is 11.4 Å². The number of aromatic nitrogens is 1. The average molecular weight is 424 g/mol. The van der Waals surface area contributed by atoms with Gasteiger partial charge in [-0.3, -0.25) is 9.78 Å². The highest BCUT2D eigenvalue weighted by Gasteiger charge is 2.60. The Morgan fingerprint density at radius 1 is 1.40 bits per heavy atom. The topological polar surface area (TPSA) is 107 Å². The molecule has 3 N–H and O–H groups in total. The van der Waals surface area contributed by atoms with Gasteiger partial charge in [-0.2, -0.15) is 13.2 Å². The van der Waals surface area contributed by atoms with Crippen molar-refractivity contribution in [3.05, 3.63) is 30.0 Å². The molecule has 3 heterocycles. The maximum atomic E-state index is 13.9. The van der Waals surface area contributed by atoms with E-state index in [1.807, 2.05) is 0 Å². The summed E-state index contributed by atoms with van der Waals surface area (Å²) < 4.78 is 52.3. The van der Waals surface area contributed by atoms with Crippen LogP contribution in [0.2, 0.25) is 0 Å². The van der Waals surface area contributed by atoms with Gasteiger partial charge in [0, 0.05) is 23.8 Å². The van der Waals surface area contributed by atoms with E-state index in [0.717, 1.165) is 4.90 Å². The number of carbonyl (C=O) groups excluding carboxylic acids is 2. The summed E-state index contributed by atoms with van der Waals surface area (Å²) in [5.74, 6) is -0.577. The van der Waals surface area contributed by atoms with Crippen LogP contribution < -0.4 is 20.7 Å². The number of amides is 2. The van der Waals surface area contributed by atoms with Gasteiger partial charge in [0.2, 0.25) is 0 Å². The van der Waals surface area contributed by atoms with Crippen LogP contribution in [0.1, 0.15) is 24.2 Å². The first-order chi connectivity index (χ1) is 14.1. The Morgan fingerprint density at radius 3 is 2.77 bits per heavy atom. The van der Waals surface area contributed by atoms with Crippen molar-refractivity contribution in [1.82, 2.24) is 10.3 Å². The normalized spacial score (nSPS) is 23.5. The number of alkyl carbamates (subject to hydrolysis) is 1. The first-order valence-corrected chi connectivity index (χ1v) is 9.26. The lowest BCUT2D eigenvalue weighted by Gasteiger charge is -2.31. The number of rotatable bonds is 4. The summed E-state index contributed by atoms with van der Waals surface area (Å²) in [6.45, 7) is 3.40. The number of ether oxygens (including phenoxy) is 2. The molecule has 1 aromatic carbocycles. The van der Waals surface area contributed by atoms with Gasteiger partial charge in [-0.05, 0) is 32.0 Å². The zero-order valence-corrected chi connectivity index (χ0v) is 16.1. The molecule has 2 saturated heterocycles. The zero-order valence-electron chi connectivity index (χ0n) is 16.1. The predicted molar refractivity (Wildman–Crippen MR) is 100 cm³/mol. The third kappa shape index (κ3) is 3.33. The molecule has 0 saturated carbocycles. The number of hydrogen-bond acceptors (Lipinski definition) is 6. The minimum absolute atomic E-state index is 0.0853. The van der Waals surface area contributed by atoms with Gasteiger partial charge < -0.3 is 25.4 Å². The van der Waals surface area contributed by atoms with E-state index in [1.54, 1.807) is 13.8 Å². The number of hydrogen-bond donors (Lipinski definition) is 2. The number of alkyl halides is 3. The van der Waals surface area contributed by atoms with Crippen molar-refractivity contribution in [1.29, 1.82) is 0 Å². The maximum Gasteiger partial charge on any atom is 0.412 e. The molecule has 2 aliphatic rings. The molecule has 0 bridgehead atoms. The van der Waals surface area contributed by atoms with Crippen molar-refractivity contribution in [3.8, 4) is 5.75 Å². The van der Waals surface area contributed by atoms with E-state index >= 15 is 0 Å². The molecule has 0 aliphatic carbocycles. The van der Waals surface area contributed by atoms with E-state index in [0.29, 0.717) is 10.9 Å². The minimum Gasteiger partial charge on any atom is -0.490 e. The molecule has 30 heavy (non-hydrogen) atoms. The molecule has 0 radical (unpaired) electrons. The highest BCUT2D eigenvalue weighted by Crippen LogP contribution is 2.42. The standard InChI is InChI=1S/C19H19F3N4O4/c1-8(2)29-14-6-9-11(5-10(14)17(23)27)24-4-3-13(9)26-7-12-15(30-18(28)25-12)16(26)19(20,21)22/h3-6,8,12,15-16H,7H2,1-2H3,(H2,23,27)(H,25,28)/t12-,15-,16+/m1/s1. The highest BCUT2D eigenvalue weighted by atomic mass is 19.4. The van der Waals surface area contributed by atoms with E-state index in [-0.39, 0.29) is 29.6 Å².